The second kappa shape index (κ2) is 5.40. The highest BCUT2D eigenvalue weighted by atomic mass is 16.1. The van der Waals surface area contributed by atoms with Crippen LogP contribution in [-0.2, 0) is 6.54 Å². The molecule has 0 aliphatic heterocycles. The third-order valence-corrected chi connectivity index (χ3v) is 2.58. The van der Waals surface area contributed by atoms with Gasteiger partial charge >= 0.3 is 0 Å². The zero-order valence-corrected chi connectivity index (χ0v) is 10.5. The van der Waals surface area contributed by atoms with Gasteiger partial charge in [-0.05, 0) is 19.4 Å². The molecule has 0 aliphatic rings. The van der Waals surface area contributed by atoms with Crippen molar-refractivity contribution < 1.29 is 4.79 Å². The Morgan fingerprint density at radius 1 is 1.22 bits per heavy atom. The van der Waals surface area contributed by atoms with Crippen molar-refractivity contribution in [1.82, 2.24) is 15.3 Å². The van der Waals surface area contributed by atoms with Gasteiger partial charge in [-0.15, -0.1) is 0 Å². The van der Waals surface area contributed by atoms with E-state index in [1.165, 1.54) is 18.0 Å². The first-order valence-electron chi connectivity index (χ1n) is 5.77. The van der Waals surface area contributed by atoms with Gasteiger partial charge in [0, 0.05) is 18.9 Å². The Morgan fingerprint density at radius 3 is 2.61 bits per heavy atom. The lowest BCUT2D eigenvalue weighted by molar-refractivity contribution is 0.0950. The van der Waals surface area contributed by atoms with Crippen molar-refractivity contribution in [1.29, 1.82) is 0 Å². The highest BCUT2D eigenvalue weighted by Gasteiger charge is 2.05. The molecule has 1 N–H and O–H groups in total. The number of nitrogens with one attached hydrogen (secondary N) is 1. The van der Waals surface area contributed by atoms with Crippen molar-refractivity contribution in [2.45, 2.75) is 20.4 Å². The summed E-state index contributed by atoms with van der Waals surface area (Å²) in [5.41, 5.74) is 2.74. The quantitative estimate of drug-likeness (QED) is 0.894. The molecule has 1 aromatic carbocycles. The molecule has 0 saturated carbocycles. The third-order valence-electron chi connectivity index (χ3n) is 2.58. The van der Waals surface area contributed by atoms with E-state index in [1.807, 2.05) is 31.2 Å². The number of carbonyl (C=O) groups excluding carboxylic acids is 1. The van der Waals surface area contributed by atoms with Crippen LogP contribution >= 0.6 is 0 Å². The van der Waals surface area contributed by atoms with Gasteiger partial charge in [-0.3, -0.25) is 4.79 Å². The SMILES string of the molecule is Cc1cccc(CNC(=O)c2cnc(C)nc2)c1. The van der Waals surface area contributed by atoms with Gasteiger partial charge < -0.3 is 5.32 Å². The molecular formula is C14H15N3O. The molecule has 1 heterocycles. The van der Waals surface area contributed by atoms with Crippen molar-refractivity contribution in [3.8, 4) is 0 Å². The van der Waals surface area contributed by atoms with Crippen molar-refractivity contribution in [2.75, 3.05) is 0 Å². The molecule has 1 amide bonds. The molecule has 0 atom stereocenters. The highest BCUT2D eigenvalue weighted by molar-refractivity contribution is 5.93. The van der Waals surface area contributed by atoms with Crippen LogP contribution in [-0.4, -0.2) is 15.9 Å². The van der Waals surface area contributed by atoms with Crippen LogP contribution in [0.3, 0.4) is 0 Å². The van der Waals surface area contributed by atoms with Gasteiger partial charge in [0.05, 0.1) is 5.56 Å². The minimum absolute atomic E-state index is 0.156. The topological polar surface area (TPSA) is 54.9 Å². The van der Waals surface area contributed by atoms with Gasteiger partial charge in [0.1, 0.15) is 5.82 Å². The maximum atomic E-state index is 11.8. The second-order valence-electron chi connectivity index (χ2n) is 4.19. The molecule has 4 nitrogen and oxygen atoms in total. The van der Waals surface area contributed by atoms with Gasteiger partial charge in [-0.1, -0.05) is 29.8 Å². The molecule has 2 rings (SSSR count). The normalized spacial score (nSPS) is 10.1. The second-order valence-corrected chi connectivity index (χ2v) is 4.19. The predicted molar refractivity (Wildman–Crippen MR) is 69.1 cm³/mol. The summed E-state index contributed by atoms with van der Waals surface area (Å²) in [6, 6.07) is 8.04. The van der Waals surface area contributed by atoms with Crippen LogP contribution in [0, 0.1) is 13.8 Å². The van der Waals surface area contributed by atoms with Crippen LogP contribution in [0.5, 0.6) is 0 Å². The number of carbonyl (C=O) groups is 1. The average molecular weight is 241 g/mol. The molecule has 2 aromatic rings. The number of hydrogen-bond donors (Lipinski definition) is 1. The summed E-state index contributed by atoms with van der Waals surface area (Å²) < 4.78 is 0. The number of hydrogen-bond acceptors (Lipinski definition) is 3. The minimum Gasteiger partial charge on any atom is -0.348 e. The summed E-state index contributed by atoms with van der Waals surface area (Å²) >= 11 is 0. The van der Waals surface area contributed by atoms with Crippen molar-refractivity contribution in [3.63, 3.8) is 0 Å². The van der Waals surface area contributed by atoms with Crippen LogP contribution < -0.4 is 5.32 Å². The summed E-state index contributed by atoms with van der Waals surface area (Å²) in [5.74, 6) is 0.502. The van der Waals surface area contributed by atoms with E-state index < -0.39 is 0 Å². The van der Waals surface area contributed by atoms with Gasteiger partial charge in [-0.25, -0.2) is 9.97 Å². The van der Waals surface area contributed by atoms with E-state index in [0.29, 0.717) is 17.9 Å². The predicted octanol–water partition coefficient (Wildman–Crippen LogP) is 2.02. The van der Waals surface area contributed by atoms with E-state index >= 15 is 0 Å². The minimum atomic E-state index is -0.156. The number of rotatable bonds is 3. The Hall–Kier alpha value is -2.23. The monoisotopic (exact) mass is 241 g/mol. The van der Waals surface area contributed by atoms with E-state index in [0.717, 1.165) is 5.56 Å². The van der Waals surface area contributed by atoms with Crippen LogP contribution in [0.15, 0.2) is 36.7 Å². The Bertz CT molecular complexity index is 549. The van der Waals surface area contributed by atoms with E-state index in [4.69, 9.17) is 0 Å². The van der Waals surface area contributed by atoms with Crippen molar-refractivity contribution in [3.05, 3.63) is 59.2 Å². The summed E-state index contributed by atoms with van der Waals surface area (Å²) in [6.45, 7) is 4.32. The zero-order valence-electron chi connectivity index (χ0n) is 10.5. The molecule has 0 aliphatic carbocycles. The molecule has 0 unspecified atom stereocenters. The molecule has 0 saturated heterocycles. The first-order chi connectivity index (χ1) is 8.65. The third kappa shape index (κ3) is 3.13. The average Bonchev–Trinajstić information content (AvgIpc) is 2.37. The molecule has 4 heteroatoms. The molecule has 0 radical (unpaired) electrons. The Balaban J connectivity index is 1.98. The van der Waals surface area contributed by atoms with E-state index in [9.17, 15) is 4.79 Å². The Labute approximate surface area is 106 Å². The fourth-order valence-electron chi connectivity index (χ4n) is 1.62. The number of amides is 1. The molecule has 1 aromatic heterocycles. The lowest BCUT2D eigenvalue weighted by atomic mass is 10.1. The van der Waals surface area contributed by atoms with E-state index in [2.05, 4.69) is 15.3 Å². The molecule has 0 fully saturated rings. The smallest absolute Gasteiger partial charge is 0.254 e. The summed E-state index contributed by atoms with van der Waals surface area (Å²) in [4.78, 5) is 19.8. The number of benzene rings is 1. The van der Waals surface area contributed by atoms with Gasteiger partial charge in [0.15, 0.2) is 0 Å². The maximum absolute atomic E-state index is 11.8. The van der Waals surface area contributed by atoms with E-state index in [1.54, 1.807) is 6.92 Å². The fraction of sp³-hybridized carbons (Fsp3) is 0.214. The maximum Gasteiger partial charge on any atom is 0.254 e. The van der Waals surface area contributed by atoms with Crippen LogP contribution in [0.2, 0.25) is 0 Å². The highest BCUT2D eigenvalue weighted by Crippen LogP contribution is 2.04. The molecule has 18 heavy (non-hydrogen) atoms. The molecule has 92 valence electrons. The van der Waals surface area contributed by atoms with Crippen LogP contribution in [0.4, 0.5) is 0 Å². The summed E-state index contributed by atoms with van der Waals surface area (Å²) in [5, 5.41) is 2.84. The fourth-order valence-corrected chi connectivity index (χ4v) is 1.62. The number of aromatic nitrogens is 2. The lowest BCUT2D eigenvalue weighted by Crippen LogP contribution is -2.23. The standard InChI is InChI=1S/C14H15N3O/c1-10-4-3-5-12(6-10)7-17-14(18)13-8-15-11(2)16-9-13/h3-6,8-9H,7H2,1-2H3,(H,17,18). The van der Waals surface area contributed by atoms with Crippen LogP contribution in [0.1, 0.15) is 27.3 Å². The van der Waals surface area contributed by atoms with Crippen molar-refractivity contribution >= 4 is 5.91 Å². The lowest BCUT2D eigenvalue weighted by Gasteiger charge is -2.05. The van der Waals surface area contributed by atoms with Crippen LogP contribution in [0.25, 0.3) is 0 Å². The number of nitrogens with zero attached hydrogens (tertiary/aromatic N) is 2. The first-order valence-corrected chi connectivity index (χ1v) is 5.77. The zero-order chi connectivity index (χ0) is 13.0. The molecular weight excluding hydrogens is 226 g/mol. The Morgan fingerprint density at radius 2 is 1.94 bits per heavy atom. The largest absolute Gasteiger partial charge is 0.348 e. The molecule has 0 spiro atoms. The number of aryl methyl sites for hydroxylation is 2. The summed E-state index contributed by atoms with van der Waals surface area (Å²) in [7, 11) is 0. The van der Waals surface area contributed by atoms with Crippen molar-refractivity contribution in [2.24, 2.45) is 0 Å². The Kier molecular flexibility index (Phi) is 3.67. The summed E-state index contributed by atoms with van der Waals surface area (Å²) in [6.07, 6.45) is 3.07. The van der Waals surface area contributed by atoms with E-state index in [-0.39, 0.29) is 5.91 Å². The first kappa shape index (κ1) is 12.2. The molecule has 0 bridgehead atoms. The van der Waals surface area contributed by atoms with Gasteiger partial charge in [0.25, 0.3) is 5.91 Å². The van der Waals surface area contributed by atoms with Gasteiger partial charge in [-0.2, -0.15) is 0 Å². The van der Waals surface area contributed by atoms with Gasteiger partial charge in [0.2, 0.25) is 0 Å².